The molecule has 148 valence electrons. The van der Waals surface area contributed by atoms with Crippen LogP contribution in [-0.4, -0.2) is 15.0 Å². The topological polar surface area (TPSA) is 67.4 Å². The van der Waals surface area contributed by atoms with Gasteiger partial charge in [-0.25, -0.2) is 13.1 Å². The molecule has 0 unspecified atom stereocenters. The first-order chi connectivity index (χ1) is 12.4. The fourth-order valence-electron chi connectivity index (χ4n) is 2.85. The average molecular weight is 411 g/mol. The lowest BCUT2D eigenvalue weighted by Gasteiger charge is -2.10. The highest BCUT2D eigenvalue weighted by molar-refractivity contribution is 7.89. The van der Waals surface area contributed by atoms with Crippen molar-refractivity contribution in [2.24, 2.45) is 5.92 Å². The summed E-state index contributed by atoms with van der Waals surface area (Å²) in [4.78, 5) is 0.247. The van der Waals surface area contributed by atoms with Crippen LogP contribution in [-0.2, 0) is 29.7 Å². The molecule has 0 radical (unpaired) electrons. The van der Waals surface area contributed by atoms with Crippen LogP contribution in [0.5, 0.6) is 5.75 Å². The summed E-state index contributed by atoms with van der Waals surface area (Å²) in [5, 5.41) is 3.29. The summed E-state index contributed by atoms with van der Waals surface area (Å²) in [5.74, 6) is 1.27. The molecular weight excluding hydrogens is 384 g/mol. The second-order valence-corrected chi connectivity index (χ2v) is 8.80. The Morgan fingerprint density at radius 1 is 1.07 bits per heavy atom. The van der Waals surface area contributed by atoms with Crippen LogP contribution in [0.25, 0.3) is 0 Å². The number of rotatable bonds is 8. The standard InChI is InChI=1S/C20H26N2O3S.ClH/c1-15(2)9-10-25-19-5-7-20(8-6-19)26(23,24)22-12-16-3-4-17-13-21-14-18(17)11-16;/h3-8,11,15,21-22H,9-10,12-14H2,1-2H3;1H. The molecule has 5 nitrogen and oxygen atoms in total. The maximum atomic E-state index is 12.5. The van der Waals surface area contributed by atoms with Crippen LogP contribution >= 0.6 is 12.4 Å². The van der Waals surface area contributed by atoms with E-state index in [1.54, 1.807) is 24.3 Å². The minimum atomic E-state index is -3.54. The highest BCUT2D eigenvalue weighted by Crippen LogP contribution is 2.19. The molecule has 0 saturated carbocycles. The van der Waals surface area contributed by atoms with Gasteiger partial charge in [0.1, 0.15) is 5.75 Å². The maximum absolute atomic E-state index is 12.5. The molecule has 0 aliphatic carbocycles. The third-order valence-electron chi connectivity index (χ3n) is 4.47. The van der Waals surface area contributed by atoms with Crippen LogP contribution in [0.2, 0.25) is 0 Å². The Morgan fingerprint density at radius 2 is 1.78 bits per heavy atom. The summed E-state index contributed by atoms with van der Waals surface area (Å²) in [7, 11) is -3.54. The number of fused-ring (bicyclic) bond motifs is 1. The van der Waals surface area contributed by atoms with E-state index >= 15 is 0 Å². The maximum Gasteiger partial charge on any atom is 0.240 e. The number of benzene rings is 2. The molecule has 2 aromatic carbocycles. The molecule has 0 aromatic heterocycles. The zero-order valence-electron chi connectivity index (χ0n) is 15.7. The van der Waals surface area contributed by atoms with Crippen LogP contribution < -0.4 is 14.8 Å². The lowest BCUT2D eigenvalue weighted by Crippen LogP contribution is -2.23. The molecule has 2 N–H and O–H groups in total. The molecule has 3 rings (SSSR count). The smallest absolute Gasteiger partial charge is 0.240 e. The van der Waals surface area contributed by atoms with E-state index in [4.69, 9.17) is 4.74 Å². The third kappa shape index (κ3) is 5.94. The number of halogens is 1. The van der Waals surface area contributed by atoms with Crippen molar-refractivity contribution in [3.8, 4) is 5.75 Å². The van der Waals surface area contributed by atoms with E-state index in [-0.39, 0.29) is 23.8 Å². The zero-order valence-corrected chi connectivity index (χ0v) is 17.3. The Balaban J connectivity index is 0.00000261. The van der Waals surface area contributed by atoms with Gasteiger partial charge in [-0.1, -0.05) is 32.0 Å². The monoisotopic (exact) mass is 410 g/mol. The third-order valence-corrected chi connectivity index (χ3v) is 5.88. The van der Waals surface area contributed by atoms with Crippen molar-refractivity contribution in [2.75, 3.05) is 6.61 Å². The highest BCUT2D eigenvalue weighted by Gasteiger charge is 2.15. The quantitative estimate of drug-likeness (QED) is 0.697. The lowest BCUT2D eigenvalue weighted by atomic mass is 10.1. The lowest BCUT2D eigenvalue weighted by molar-refractivity contribution is 0.289. The summed E-state index contributed by atoms with van der Waals surface area (Å²) in [6, 6.07) is 12.7. The van der Waals surface area contributed by atoms with Crippen molar-refractivity contribution < 1.29 is 13.2 Å². The molecule has 2 aromatic rings. The molecule has 0 bridgehead atoms. The Morgan fingerprint density at radius 3 is 2.48 bits per heavy atom. The second-order valence-electron chi connectivity index (χ2n) is 7.03. The number of ether oxygens (including phenoxy) is 1. The molecule has 1 aliphatic rings. The Bertz CT molecular complexity index is 852. The van der Waals surface area contributed by atoms with E-state index in [0.717, 1.165) is 25.1 Å². The molecule has 0 atom stereocenters. The molecule has 1 aliphatic heterocycles. The Kier molecular flexibility index (Phi) is 7.68. The largest absolute Gasteiger partial charge is 0.494 e. The van der Waals surface area contributed by atoms with Crippen molar-refractivity contribution in [3.05, 3.63) is 59.2 Å². The molecule has 1 heterocycles. The summed E-state index contributed by atoms with van der Waals surface area (Å²) in [5.41, 5.74) is 3.49. The van der Waals surface area contributed by atoms with Gasteiger partial charge in [0, 0.05) is 19.6 Å². The first kappa shape index (κ1) is 21.7. The predicted molar refractivity (Wildman–Crippen MR) is 110 cm³/mol. The first-order valence-electron chi connectivity index (χ1n) is 8.98. The van der Waals surface area contributed by atoms with Crippen LogP contribution in [0.1, 0.15) is 37.0 Å². The summed E-state index contributed by atoms with van der Waals surface area (Å²) in [6.45, 7) is 6.92. The van der Waals surface area contributed by atoms with E-state index < -0.39 is 10.0 Å². The van der Waals surface area contributed by atoms with Crippen molar-refractivity contribution in [1.29, 1.82) is 0 Å². The van der Waals surface area contributed by atoms with Crippen molar-refractivity contribution >= 4 is 22.4 Å². The first-order valence-corrected chi connectivity index (χ1v) is 10.5. The van der Waals surface area contributed by atoms with E-state index in [1.807, 2.05) is 6.07 Å². The molecule has 7 heteroatoms. The normalized spacial score (nSPS) is 13.3. The van der Waals surface area contributed by atoms with Crippen molar-refractivity contribution in [1.82, 2.24) is 10.0 Å². The van der Waals surface area contributed by atoms with Crippen molar-refractivity contribution in [3.63, 3.8) is 0 Å². The predicted octanol–water partition coefficient (Wildman–Crippen LogP) is 3.62. The Labute approximate surface area is 168 Å². The van der Waals surface area contributed by atoms with Crippen molar-refractivity contribution in [2.45, 2.75) is 44.8 Å². The fourth-order valence-corrected chi connectivity index (χ4v) is 3.87. The van der Waals surface area contributed by atoms with E-state index in [9.17, 15) is 8.42 Å². The van der Waals surface area contributed by atoms with Crippen LogP contribution in [0, 0.1) is 5.92 Å². The highest BCUT2D eigenvalue weighted by atomic mass is 35.5. The van der Waals surface area contributed by atoms with E-state index in [1.165, 1.54) is 11.1 Å². The van der Waals surface area contributed by atoms with Crippen LogP contribution in [0.3, 0.4) is 0 Å². The number of sulfonamides is 1. The van der Waals surface area contributed by atoms with Gasteiger partial charge >= 0.3 is 0 Å². The van der Waals surface area contributed by atoms with Gasteiger partial charge in [0.2, 0.25) is 10.0 Å². The van der Waals surface area contributed by atoms with E-state index in [0.29, 0.717) is 18.3 Å². The zero-order chi connectivity index (χ0) is 18.6. The number of hydrogen-bond acceptors (Lipinski definition) is 4. The van der Waals surface area contributed by atoms with Gasteiger partial charge in [-0.05, 0) is 53.3 Å². The van der Waals surface area contributed by atoms with Gasteiger partial charge in [0.25, 0.3) is 0 Å². The summed E-state index contributed by atoms with van der Waals surface area (Å²) >= 11 is 0. The number of nitrogens with one attached hydrogen (secondary N) is 2. The molecule has 0 amide bonds. The van der Waals surface area contributed by atoms with Gasteiger partial charge in [0.15, 0.2) is 0 Å². The number of hydrogen-bond donors (Lipinski definition) is 2. The van der Waals surface area contributed by atoms with Crippen LogP contribution in [0.4, 0.5) is 0 Å². The summed E-state index contributed by atoms with van der Waals surface area (Å²) in [6.07, 6.45) is 0.970. The molecule has 0 saturated heterocycles. The molecular formula is C20H27ClN2O3S. The Hall–Kier alpha value is -1.60. The van der Waals surface area contributed by atoms with Crippen LogP contribution in [0.15, 0.2) is 47.4 Å². The fraction of sp³-hybridized carbons (Fsp3) is 0.400. The van der Waals surface area contributed by atoms with E-state index in [2.05, 4.69) is 36.0 Å². The average Bonchev–Trinajstić information content (AvgIpc) is 3.08. The van der Waals surface area contributed by atoms with Gasteiger partial charge in [-0.3, -0.25) is 0 Å². The van der Waals surface area contributed by atoms with Gasteiger partial charge < -0.3 is 10.1 Å². The SMILES string of the molecule is CC(C)CCOc1ccc(S(=O)(=O)NCc2ccc3c(c2)CNC3)cc1.Cl. The van der Waals surface area contributed by atoms with Gasteiger partial charge in [0.05, 0.1) is 11.5 Å². The molecule has 0 spiro atoms. The molecule has 0 fully saturated rings. The minimum Gasteiger partial charge on any atom is -0.494 e. The molecule has 27 heavy (non-hydrogen) atoms. The van der Waals surface area contributed by atoms with Gasteiger partial charge in [-0.2, -0.15) is 0 Å². The second kappa shape index (κ2) is 9.55. The minimum absolute atomic E-state index is 0. The summed E-state index contributed by atoms with van der Waals surface area (Å²) < 4.78 is 33.3. The van der Waals surface area contributed by atoms with Gasteiger partial charge in [-0.15, -0.1) is 12.4 Å².